The zero-order valence-electron chi connectivity index (χ0n) is 12.7. The van der Waals surface area contributed by atoms with E-state index in [1.54, 1.807) is 6.26 Å². The number of hydrogen-bond donors (Lipinski definition) is 1. The lowest BCUT2D eigenvalue weighted by Crippen LogP contribution is -2.22. The molecule has 2 atom stereocenters. The van der Waals surface area contributed by atoms with Crippen LogP contribution in [0, 0.1) is 0 Å². The zero-order valence-corrected chi connectivity index (χ0v) is 12.7. The van der Waals surface area contributed by atoms with Crippen molar-refractivity contribution in [1.82, 2.24) is 5.32 Å². The Bertz CT molecular complexity index is 712. The molecule has 1 aromatic carbocycles. The minimum absolute atomic E-state index is 0.132. The molecular weight excluding hydrogens is 262 g/mol. The van der Waals surface area contributed by atoms with Crippen LogP contribution in [0.15, 0.2) is 51.5 Å². The second kappa shape index (κ2) is 5.78. The fraction of sp³-hybridized carbons (Fsp3) is 0.333. The van der Waals surface area contributed by atoms with Crippen LogP contribution >= 0.6 is 0 Å². The number of benzene rings is 1. The Labute approximate surface area is 124 Å². The summed E-state index contributed by atoms with van der Waals surface area (Å²) in [6.07, 6.45) is 2.67. The maximum Gasteiger partial charge on any atom is 0.134 e. The number of fused-ring (bicyclic) bond motifs is 1. The van der Waals surface area contributed by atoms with Gasteiger partial charge in [0, 0.05) is 10.9 Å². The van der Waals surface area contributed by atoms with E-state index < -0.39 is 0 Å². The van der Waals surface area contributed by atoms with Crippen molar-refractivity contribution in [3.63, 3.8) is 0 Å². The second-order valence-electron chi connectivity index (χ2n) is 5.42. The Morgan fingerprint density at radius 2 is 1.86 bits per heavy atom. The monoisotopic (exact) mass is 283 g/mol. The first-order chi connectivity index (χ1) is 10.2. The quantitative estimate of drug-likeness (QED) is 0.716. The van der Waals surface area contributed by atoms with Crippen LogP contribution in [0.4, 0.5) is 0 Å². The fourth-order valence-electron chi connectivity index (χ4n) is 2.90. The molecule has 0 aliphatic rings. The summed E-state index contributed by atoms with van der Waals surface area (Å²) in [5.41, 5.74) is 2.25. The Morgan fingerprint density at radius 3 is 2.57 bits per heavy atom. The van der Waals surface area contributed by atoms with E-state index in [0.29, 0.717) is 0 Å². The van der Waals surface area contributed by atoms with Gasteiger partial charge in [-0.1, -0.05) is 25.1 Å². The highest BCUT2D eigenvalue weighted by molar-refractivity contribution is 5.82. The predicted octanol–water partition coefficient (Wildman–Crippen LogP) is 5.00. The first-order valence-electron chi connectivity index (χ1n) is 7.50. The van der Waals surface area contributed by atoms with Gasteiger partial charge in [-0.3, -0.25) is 5.32 Å². The van der Waals surface area contributed by atoms with Crippen LogP contribution in [0.25, 0.3) is 11.0 Å². The third kappa shape index (κ3) is 2.61. The molecule has 0 radical (unpaired) electrons. The smallest absolute Gasteiger partial charge is 0.134 e. The van der Waals surface area contributed by atoms with Gasteiger partial charge in [0.1, 0.15) is 17.1 Å². The van der Waals surface area contributed by atoms with Crippen molar-refractivity contribution < 1.29 is 8.83 Å². The summed E-state index contributed by atoms with van der Waals surface area (Å²) < 4.78 is 11.5. The highest BCUT2D eigenvalue weighted by Gasteiger charge is 2.20. The maximum absolute atomic E-state index is 6.08. The standard InChI is InChI=1S/C18H21NO2/c1-4-14-15-8-5-6-9-17(15)21-18(14)13(3)19-12(2)16-10-7-11-20-16/h5-13,19H,4H2,1-3H3/t12-,13?/m1/s1. The maximum atomic E-state index is 6.08. The summed E-state index contributed by atoms with van der Waals surface area (Å²) in [7, 11) is 0. The topological polar surface area (TPSA) is 38.3 Å². The molecular formula is C18H21NO2. The normalized spacial score (nSPS) is 14.4. The molecule has 0 spiro atoms. The van der Waals surface area contributed by atoms with Gasteiger partial charge in [0.05, 0.1) is 18.3 Å². The SMILES string of the molecule is CCc1c(C(C)N[C@H](C)c2ccco2)oc2ccccc12. The van der Waals surface area contributed by atoms with Crippen molar-refractivity contribution in [2.45, 2.75) is 39.3 Å². The molecule has 1 unspecified atom stereocenters. The number of hydrogen-bond acceptors (Lipinski definition) is 3. The second-order valence-corrected chi connectivity index (χ2v) is 5.42. The van der Waals surface area contributed by atoms with Crippen LogP contribution in [0.1, 0.15) is 49.9 Å². The largest absolute Gasteiger partial charge is 0.468 e. The summed E-state index contributed by atoms with van der Waals surface area (Å²) in [5, 5.41) is 4.76. The van der Waals surface area contributed by atoms with Gasteiger partial charge in [0.25, 0.3) is 0 Å². The van der Waals surface area contributed by atoms with Gasteiger partial charge < -0.3 is 8.83 Å². The van der Waals surface area contributed by atoms with Crippen molar-refractivity contribution in [3.05, 3.63) is 59.7 Å². The molecule has 0 bridgehead atoms. The van der Waals surface area contributed by atoms with Gasteiger partial charge in [0.2, 0.25) is 0 Å². The van der Waals surface area contributed by atoms with E-state index in [1.807, 2.05) is 24.3 Å². The zero-order chi connectivity index (χ0) is 14.8. The summed E-state index contributed by atoms with van der Waals surface area (Å²) >= 11 is 0. The van der Waals surface area contributed by atoms with Crippen LogP contribution in [0.5, 0.6) is 0 Å². The molecule has 110 valence electrons. The molecule has 2 aromatic heterocycles. The predicted molar refractivity (Wildman–Crippen MR) is 84.3 cm³/mol. The van der Waals surface area contributed by atoms with E-state index in [-0.39, 0.29) is 12.1 Å². The van der Waals surface area contributed by atoms with Crippen molar-refractivity contribution in [3.8, 4) is 0 Å². The molecule has 3 heteroatoms. The molecule has 0 saturated heterocycles. The lowest BCUT2D eigenvalue weighted by molar-refractivity contribution is 0.371. The van der Waals surface area contributed by atoms with Gasteiger partial charge >= 0.3 is 0 Å². The van der Waals surface area contributed by atoms with Crippen LogP contribution in [0.3, 0.4) is 0 Å². The van der Waals surface area contributed by atoms with Gasteiger partial charge in [-0.05, 0) is 38.5 Å². The third-order valence-electron chi connectivity index (χ3n) is 3.95. The molecule has 0 fully saturated rings. The molecule has 3 aromatic rings. The number of para-hydroxylation sites is 1. The Kier molecular flexibility index (Phi) is 3.84. The fourth-order valence-corrected chi connectivity index (χ4v) is 2.90. The molecule has 1 N–H and O–H groups in total. The Hall–Kier alpha value is -2.00. The minimum atomic E-state index is 0.132. The number of nitrogens with one attached hydrogen (secondary N) is 1. The third-order valence-corrected chi connectivity index (χ3v) is 3.95. The summed E-state index contributed by atoms with van der Waals surface area (Å²) in [5.74, 6) is 1.97. The summed E-state index contributed by atoms with van der Waals surface area (Å²) in [6, 6.07) is 12.4. The first kappa shape index (κ1) is 14.0. The van der Waals surface area contributed by atoms with Crippen molar-refractivity contribution >= 4 is 11.0 Å². The first-order valence-corrected chi connectivity index (χ1v) is 7.50. The van der Waals surface area contributed by atoms with E-state index >= 15 is 0 Å². The average Bonchev–Trinajstić information content (AvgIpc) is 3.14. The van der Waals surface area contributed by atoms with Crippen LogP contribution in [-0.2, 0) is 6.42 Å². The van der Waals surface area contributed by atoms with Gasteiger partial charge in [-0.25, -0.2) is 0 Å². The molecule has 0 aliphatic carbocycles. The summed E-state index contributed by atoms with van der Waals surface area (Å²) in [6.45, 7) is 6.41. The molecule has 21 heavy (non-hydrogen) atoms. The number of aryl methyl sites for hydroxylation is 1. The van der Waals surface area contributed by atoms with E-state index in [2.05, 4.69) is 38.2 Å². The summed E-state index contributed by atoms with van der Waals surface area (Å²) in [4.78, 5) is 0. The minimum Gasteiger partial charge on any atom is -0.468 e. The van der Waals surface area contributed by atoms with Crippen molar-refractivity contribution in [2.24, 2.45) is 0 Å². The Balaban J connectivity index is 1.89. The molecule has 2 heterocycles. The lowest BCUT2D eigenvalue weighted by Gasteiger charge is -2.17. The molecule has 0 aliphatic heterocycles. The van der Waals surface area contributed by atoms with Gasteiger partial charge in [-0.15, -0.1) is 0 Å². The van der Waals surface area contributed by atoms with E-state index in [0.717, 1.165) is 23.5 Å². The molecule has 0 amide bonds. The van der Waals surface area contributed by atoms with Crippen LogP contribution < -0.4 is 5.32 Å². The van der Waals surface area contributed by atoms with Crippen LogP contribution in [0.2, 0.25) is 0 Å². The highest BCUT2D eigenvalue weighted by Crippen LogP contribution is 2.31. The van der Waals surface area contributed by atoms with Gasteiger partial charge in [-0.2, -0.15) is 0 Å². The van der Waals surface area contributed by atoms with E-state index in [1.165, 1.54) is 10.9 Å². The van der Waals surface area contributed by atoms with Crippen LogP contribution in [-0.4, -0.2) is 0 Å². The van der Waals surface area contributed by atoms with Crippen molar-refractivity contribution in [1.29, 1.82) is 0 Å². The molecule has 0 saturated carbocycles. The lowest BCUT2D eigenvalue weighted by atomic mass is 10.0. The van der Waals surface area contributed by atoms with Gasteiger partial charge in [0.15, 0.2) is 0 Å². The average molecular weight is 283 g/mol. The van der Waals surface area contributed by atoms with E-state index in [9.17, 15) is 0 Å². The Morgan fingerprint density at radius 1 is 1.05 bits per heavy atom. The number of rotatable bonds is 5. The molecule has 3 nitrogen and oxygen atoms in total. The van der Waals surface area contributed by atoms with Crippen molar-refractivity contribution in [2.75, 3.05) is 0 Å². The van der Waals surface area contributed by atoms with E-state index in [4.69, 9.17) is 8.83 Å². The number of furan rings is 2. The molecule has 3 rings (SSSR count). The highest BCUT2D eigenvalue weighted by atomic mass is 16.3.